The first-order chi connectivity index (χ1) is 16.3. The highest BCUT2D eigenvalue weighted by Crippen LogP contribution is 2.45. The molecular formula is C27H26N2O4S. The van der Waals surface area contributed by atoms with Crippen LogP contribution in [0.2, 0.25) is 0 Å². The molecule has 1 atom stereocenters. The fourth-order valence-corrected chi connectivity index (χ4v) is 5.57. The second kappa shape index (κ2) is 8.33. The number of aliphatic hydroxyl groups excluding tert-OH is 1. The van der Waals surface area contributed by atoms with Crippen molar-refractivity contribution in [2.24, 2.45) is 0 Å². The molecule has 3 aromatic rings. The third kappa shape index (κ3) is 3.47. The summed E-state index contributed by atoms with van der Waals surface area (Å²) < 4.78 is 5.72. The Hall–Kier alpha value is -3.58. The molecule has 0 spiro atoms. The van der Waals surface area contributed by atoms with Crippen molar-refractivity contribution < 1.29 is 19.4 Å². The lowest BCUT2D eigenvalue weighted by molar-refractivity contribution is -0.132. The van der Waals surface area contributed by atoms with Crippen molar-refractivity contribution in [3.05, 3.63) is 80.5 Å². The van der Waals surface area contributed by atoms with Gasteiger partial charge < -0.3 is 14.7 Å². The molecule has 1 fully saturated rings. The fraction of sp³-hybridized carbons (Fsp3) is 0.259. The van der Waals surface area contributed by atoms with Crippen molar-refractivity contribution in [2.75, 3.05) is 30.0 Å². The van der Waals surface area contributed by atoms with Crippen molar-refractivity contribution in [1.29, 1.82) is 0 Å². The van der Waals surface area contributed by atoms with Crippen molar-refractivity contribution >= 4 is 40.2 Å². The molecule has 3 heterocycles. The van der Waals surface area contributed by atoms with Crippen LogP contribution < -0.4 is 14.5 Å². The number of aliphatic hydroxyl groups is 1. The van der Waals surface area contributed by atoms with Gasteiger partial charge in [0.15, 0.2) is 0 Å². The van der Waals surface area contributed by atoms with Crippen LogP contribution in [0, 0.1) is 20.8 Å². The fourth-order valence-electron chi connectivity index (χ4n) is 4.54. The minimum Gasteiger partial charge on any atom is -0.507 e. The first kappa shape index (κ1) is 22.2. The maximum Gasteiger partial charge on any atom is 0.300 e. The van der Waals surface area contributed by atoms with E-state index in [4.69, 9.17) is 4.74 Å². The zero-order chi connectivity index (χ0) is 24.1. The number of carbonyl (C=O) groups excluding carboxylic acids is 2. The number of ether oxygens (including phenoxy) is 1. The van der Waals surface area contributed by atoms with Crippen molar-refractivity contribution in [3.8, 4) is 5.75 Å². The average molecular weight is 475 g/mol. The van der Waals surface area contributed by atoms with Gasteiger partial charge in [0.1, 0.15) is 24.2 Å². The van der Waals surface area contributed by atoms with Crippen LogP contribution in [0.25, 0.3) is 5.76 Å². The number of carbonyl (C=O) groups is 2. The third-order valence-corrected chi connectivity index (χ3v) is 7.76. The number of likely N-dealkylation sites (N-methyl/N-ethyl adjacent to an activating group) is 1. The number of hydrogen-bond acceptors (Lipinski definition) is 6. The Kier molecular flexibility index (Phi) is 5.44. The molecule has 1 aromatic heterocycles. The number of ketones is 1. The molecular weight excluding hydrogens is 448 g/mol. The third-order valence-electron chi connectivity index (χ3n) is 6.69. The van der Waals surface area contributed by atoms with Crippen LogP contribution in [-0.4, -0.2) is 37.0 Å². The van der Waals surface area contributed by atoms with Gasteiger partial charge in [0.2, 0.25) is 0 Å². The number of aryl methyl sites for hydroxylation is 3. The van der Waals surface area contributed by atoms with Gasteiger partial charge in [-0.15, -0.1) is 11.3 Å². The van der Waals surface area contributed by atoms with Gasteiger partial charge in [-0.05, 0) is 79.2 Å². The lowest BCUT2D eigenvalue weighted by atomic mass is 9.97. The quantitative estimate of drug-likeness (QED) is 0.324. The number of rotatable bonds is 3. The maximum absolute atomic E-state index is 13.4. The molecule has 0 saturated carbocycles. The molecule has 1 saturated heterocycles. The number of anilines is 2. The Morgan fingerprint density at radius 1 is 1.03 bits per heavy atom. The molecule has 1 N–H and O–H groups in total. The highest BCUT2D eigenvalue weighted by atomic mass is 32.1. The molecule has 0 radical (unpaired) electrons. The summed E-state index contributed by atoms with van der Waals surface area (Å²) in [6, 6.07) is 12.3. The number of fused-ring (bicyclic) bond motifs is 1. The molecule has 34 heavy (non-hydrogen) atoms. The Bertz CT molecular complexity index is 1360. The highest BCUT2D eigenvalue weighted by Gasteiger charge is 2.48. The van der Waals surface area contributed by atoms with Crippen molar-refractivity contribution in [3.63, 3.8) is 0 Å². The smallest absolute Gasteiger partial charge is 0.300 e. The second-order valence-electron chi connectivity index (χ2n) is 8.86. The predicted molar refractivity (Wildman–Crippen MR) is 135 cm³/mol. The van der Waals surface area contributed by atoms with Crippen molar-refractivity contribution in [2.45, 2.75) is 26.8 Å². The van der Waals surface area contributed by atoms with Crippen LogP contribution in [0.4, 0.5) is 11.4 Å². The first-order valence-electron chi connectivity index (χ1n) is 11.2. The summed E-state index contributed by atoms with van der Waals surface area (Å²) in [5.41, 5.74) is 5.16. The average Bonchev–Trinajstić information content (AvgIpc) is 3.35. The molecule has 0 bridgehead atoms. The van der Waals surface area contributed by atoms with Crippen LogP contribution in [0.1, 0.15) is 33.2 Å². The van der Waals surface area contributed by atoms with Crippen LogP contribution in [0.5, 0.6) is 5.75 Å². The molecule has 174 valence electrons. The highest BCUT2D eigenvalue weighted by molar-refractivity contribution is 7.10. The molecule has 2 aliphatic rings. The van der Waals surface area contributed by atoms with Crippen LogP contribution in [0.15, 0.2) is 53.4 Å². The molecule has 2 aliphatic heterocycles. The summed E-state index contributed by atoms with van der Waals surface area (Å²) in [4.78, 5) is 31.2. The van der Waals surface area contributed by atoms with E-state index < -0.39 is 17.7 Å². The van der Waals surface area contributed by atoms with E-state index in [1.807, 2.05) is 68.4 Å². The molecule has 7 heteroatoms. The lowest BCUT2D eigenvalue weighted by Crippen LogP contribution is -2.29. The van der Waals surface area contributed by atoms with E-state index in [-0.39, 0.29) is 11.3 Å². The van der Waals surface area contributed by atoms with Crippen molar-refractivity contribution in [1.82, 2.24) is 0 Å². The van der Waals surface area contributed by atoms with Crippen LogP contribution in [-0.2, 0) is 9.59 Å². The number of benzene rings is 2. The van der Waals surface area contributed by atoms with Gasteiger partial charge in [-0.25, -0.2) is 0 Å². The van der Waals surface area contributed by atoms with Gasteiger partial charge in [-0.2, -0.15) is 0 Å². The summed E-state index contributed by atoms with van der Waals surface area (Å²) in [6.45, 7) is 7.26. The Balaban J connectivity index is 1.70. The van der Waals surface area contributed by atoms with Gasteiger partial charge in [-0.3, -0.25) is 14.5 Å². The first-order valence-corrected chi connectivity index (χ1v) is 12.1. The Morgan fingerprint density at radius 3 is 2.53 bits per heavy atom. The molecule has 0 aliphatic carbocycles. The van der Waals surface area contributed by atoms with Gasteiger partial charge >= 0.3 is 0 Å². The number of hydrogen-bond donors (Lipinski definition) is 1. The zero-order valence-corrected chi connectivity index (χ0v) is 20.4. The van der Waals surface area contributed by atoms with E-state index in [0.29, 0.717) is 17.9 Å². The van der Waals surface area contributed by atoms with Gasteiger partial charge in [0.05, 0.1) is 17.8 Å². The number of Topliss-reactive ketones (excluding diaryl/α,β-unsaturated/α-hetero) is 1. The minimum atomic E-state index is -0.702. The van der Waals surface area contributed by atoms with Gasteiger partial charge in [0, 0.05) is 23.2 Å². The summed E-state index contributed by atoms with van der Waals surface area (Å²) >= 11 is 1.48. The zero-order valence-electron chi connectivity index (χ0n) is 19.6. The Labute approximate surface area is 202 Å². The standard InChI is InChI=1S/C27H26N2O4S/c1-15-5-7-19(13-17(15)3)29-23(26-16(2)9-12-34-26)22(25(31)27(29)32)24(30)18-6-8-21-20(14-18)28(4)10-11-33-21/h5-9,12-14,23,30H,10-11H2,1-4H3/b24-22-. The van der Waals surface area contributed by atoms with Crippen LogP contribution in [0.3, 0.4) is 0 Å². The monoisotopic (exact) mass is 474 g/mol. The lowest BCUT2D eigenvalue weighted by Gasteiger charge is -2.28. The van der Waals surface area contributed by atoms with E-state index in [0.717, 1.165) is 39.5 Å². The molecule has 1 amide bonds. The number of amides is 1. The summed E-state index contributed by atoms with van der Waals surface area (Å²) in [6.07, 6.45) is 0. The van der Waals surface area contributed by atoms with Gasteiger partial charge in [0.25, 0.3) is 11.7 Å². The molecule has 6 nitrogen and oxygen atoms in total. The molecule has 2 aromatic carbocycles. The second-order valence-corrected chi connectivity index (χ2v) is 9.81. The van der Waals surface area contributed by atoms with E-state index >= 15 is 0 Å². The number of thiophene rings is 1. The summed E-state index contributed by atoms with van der Waals surface area (Å²) in [7, 11) is 1.96. The van der Waals surface area contributed by atoms with Gasteiger partial charge in [-0.1, -0.05) is 6.07 Å². The SMILES string of the molecule is Cc1ccc(N2C(=O)C(=O)/C(=C(\O)c3ccc4c(c3)N(C)CCO4)C2c2sccc2C)cc1C. The predicted octanol–water partition coefficient (Wildman–Crippen LogP) is 5.13. The molecule has 5 rings (SSSR count). The van der Waals surface area contributed by atoms with E-state index in [1.165, 1.54) is 16.2 Å². The maximum atomic E-state index is 13.4. The minimum absolute atomic E-state index is 0.105. The summed E-state index contributed by atoms with van der Waals surface area (Å²) in [5.74, 6) is -0.771. The largest absolute Gasteiger partial charge is 0.507 e. The Morgan fingerprint density at radius 2 is 1.82 bits per heavy atom. The number of nitrogens with zero attached hydrogens (tertiary/aromatic N) is 2. The normalized spacial score (nSPS) is 19.4. The topological polar surface area (TPSA) is 70.1 Å². The van der Waals surface area contributed by atoms with E-state index in [2.05, 4.69) is 0 Å². The molecule has 1 unspecified atom stereocenters. The van der Waals surface area contributed by atoms with E-state index in [9.17, 15) is 14.7 Å². The van der Waals surface area contributed by atoms with E-state index in [1.54, 1.807) is 12.1 Å². The van der Waals surface area contributed by atoms with Crippen LogP contribution >= 0.6 is 11.3 Å². The summed E-state index contributed by atoms with van der Waals surface area (Å²) in [5, 5.41) is 13.4.